The zero-order valence-electron chi connectivity index (χ0n) is 8.83. The van der Waals surface area contributed by atoms with Gasteiger partial charge < -0.3 is 5.73 Å². The monoisotopic (exact) mass is 209 g/mol. The van der Waals surface area contributed by atoms with E-state index in [0.29, 0.717) is 5.41 Å². The third-order valence-corrected chi connectivity index (χ3v) is 4.39. The smallest absolute Gasteiger partial charge is 0.00512 e. The summed E-state index contributed by atoms with van der Waals surface area (Å²) in [6.07, 6.45) is 5.21. The van der Waals surface area contributed by atoms with Gasteiger partial charge in [0.25, 0.3) is 0 Å². The van der Waals surface area contributed by atoms with Gasteiger partial charge in [0.15, 0.2) is 0 Å². The van der Waals surface area contributed by atoms with Crippen LogP contribution in [0.15, 0.2) is 17.5 Å². The summed E-state index contributed by atoms with van der Waals surface area (Å²) >= 11 is 1.87. The average Bonchev–Trinajstić information content (AvgIpc) is 2.77. The first-order chi connectivity index (χ1) is 6.74. The molecule has 0 aliphatic heterocycles. The summed E-state index contributed by atoms with van der Waals surface area (Å²) in [6, 6.07) is 4.38. The Morgan fingerprint density at radius 1 is 1.64 bits per heavy atom. The number of nitrogens with two attached hydrogens (primary N) is 1. The van der Waals surface area contributed by atoms with Gasteiger partial charge in [-0.05, 0) is 48.6 Å². The Morgan fingerprint density at radius 2 is 2.50 bits per heavy atom. The molecule has 0 amide bonds. The summed E-state index contributed by atoms with van der Waals surface area (Å²) in [5.41, 5.74) is 6.37. The van der Waals surface area contributed by atoms with Gasteiger partial charge in [0.05, 0.1) is 0 Å². The van der Waals surface area contributed by atoms with E-state index in [9.17, 15) is 0 Å². The van der Waals surface area contributed by atoms with Crippen LogP contribution in [0.2, 0.25) is 0 Å². The van der Waals surface area contributed by atoms with Crippen molar-refractivity contribution in [2.75, 3.05) is 6.54 Å². The lowest BCUT2D eigenvalue weighted by Crippen LogP contribution is -2.29. The molecule has 1 heterocycles. The van der Waals surface area contributed by atoms with Gasteiger partial charge in [-0.2, -0.15) is 0 Å². The van der Waals surface area contributed by atoms with Crippen molar-refractivity contribution in [3.63, 3.8) is 0 Å². The van der Waals surface area contributed by atoms with Crippen LogP contribution in [0.3, 0.4) is 0 Å². The zero-order chi connectivity index (χ0) is 10.0. The van der Waals surface area contributed by atoms with E-state index in [0.717, 1.165) is 12.5 Å². The van der Waals surface area contributed by atoms with E-state index in [4.69, 9.17) is 5.73 Å². The van der Waals surface area contributed by atoms with Crippen molar-refractivity contribution in [2.45, 2.75) is 32.6 Å². The third-order valence-electron chi connectivity index (χ3n) is 3.51. The Morgan fingerprint density at radius 3 is 3.00 bits per heavy atom. The van der Waals surface area contributed by atoms with Crippen molar-refractivity contribution in [3.8, 4) is 0 Å². The highest BCUT2D eigenvalue weighted by atomic mass is 32.1. The molecule has 0 spiro atoms. The van der Waals surface area contributed by atoms with E-state index in [1.807, 2.05) is 11.3 Å². The summed E-state index contributed by atoms with van der Waals surface area (Å²) < 4.78 is 0. The molecular weight excluding hydrogens is 190 g/mol. The van der Waals surface area contributed by atoms with Gasteiger partial charge in [-0.25, -0.2) is 0 Å². The molecule has 2 rings (SSSR count). The van der Waals surface area contributed by atoms with E-state index in [2.05, 4.69) is 24.4 Å². The lowest BCUT2D eigenvalue weighted by atomic mass is 9.81. The molecule has 1 nitrogen and oxygen atoms in total. The summed E-state index contributed by atoms with van der Waals surface area (Å²) in [5.74, 6) is 0.874. The minimum atomic E-state index is 0.421. The molecule has 1 fully saturated rings. The highest BCUT2D eigenvalue weighted by molar-refractivity contribution is 7.09. The summed E-state index contributed by atoms with van der Waals surface area (Å²) in [4.78, 5) is 1.50. The Kier molecular flexibility index (Phi) is 2.93. The SMILES string of the molecule is CC1CCC(CN)(Cc2cccs2)C1. The first kappa shape index (κ1) is 10.2. The van der Waals surface area contributed by atoms with Gasteiger partial charge in [-0.3, -0.25) is 0 Å². The van der Waals surface area contributed by atoms with Gasteiger partial charge >= 0.3 is 0 Å². The summed E-state index contributed by atoms with van der Waals surface area (Å²) in [7, 11) is 0. The Balaban J connectivity index is 2.06. The molecule has 1 aliphatic carbocycles. The van der Waals surface area contributed by atoms with Crippen molar-refractivity contribution < 1.29 is 0 Å². The van der Waals surface area contributed by atoms with E-state index in [1.165, 1.54) is 30.6 Å². The molecule has 0 saturated heterocycles. The second-order valence-electron chi connectivity index (χ2n) is 4.81. The van der Waals surface area contributed by atoms with Gasteiger partial charge in [-0.1, -0.05) is 19.4 Å². The van der Waals surface area contributed by atoms with E-state index < -0.39 is 0 Å². The largest absolute Gasteiger partial charge is 0.330 e. The van der Waals surface area contributed by atoms with E-state index >= 15 is 0 Å². The number of rotatable bonds is 3. The topological polar surface area (TPSA) is 26.0 Å². The molecule has 78 valence electrons. The molecule has 2 heteroatoms. The van der Waals surface area contributed by atoms with Crippen LogP contribution in [0.1, 0.15) is 31.1 Å². The summed E-state index contributed by atoms with van der Waals surface area (Å²) in [6.45, 7) is 3.21. The quantitative estimate of drug-likeness (QED) is 0.813. The minimum absolute atomic E-state index is 0.421. The predicted molar refractivity (Wildman–Crippen MR) is 62.5 cm³/mol. The van der Waals surface area contributed by atoms with Crippen LogP contribution in [-0.2, 0) is 6.42 Å². The van der Waals surface area contributed by atoms with Crippen LogP contribution in [0.5, 0.6) is 0 Å². The fourth-order valence-corrected chi connectivity index (χ4v) is 3.58. The van der Waals surface area contributed by atoms with Crippen LogP contribution in [-0.4, -0.2) is 6.54 Å². The maximum Gasteiger partial charge on any atom is 0.00512 e. The van der Waals surface area contributed by atoms with Crippen LogP contribution in [0.25, 0.3) is 0 Å². The molecule has 14 heavy (non-hydrogen) atoms. The molecule has 1 aromatic rings. The van der Waals surface area contributed by atoms with Crippen molar-refractivity contribution in [1.82, 2.24) is 0 Å². The molecule has 1 saturated carbocycles. The maximum absolute atomic E-state index is 5.95. The molecule has 1 aromatic heterocycles. The first-order valence-corrected chi connectivity index (χ1v) is 6.34. The summed E-state index contributed by atoms with van der Waals surface area (Å²) in [5, 5.41) is 2.16. The van der Waals surface area contributed by atoms with Crippen molar-refractivity contribution in [3.05, 3.63) is 22.4 Å². The fraction of sp³-hybridized carbons (Fsp3) is 0.667. The Labute approximate surface area is 90.3 Å². The first-order valence-electron chi connectivity index (χ1n) is 5.47. The number of hydrogen-bond donors (Lipinski definition) is 1. The van der Waals surface area contributed by atoms with Crippen LogP contribution < -0.4 is 5.73 Å². The standard InChI is InChI=1S/C12H19NS/c1-10-4-5-12(7-10,9-13)8-11-3-2-6-14-11/h2-3,6,10H,4-5,7-9,13H2,1H3. The van der Waals surface area contributed by atoms with Crippen LogP contribution >= 0.6 is 11.3 Å². The van der Waals surface area contributed by atoms with Gasteiger partial charge in [0, 0.05) is 4.88 Å². The maximum atomic E-state index is 5.95. The average molecular weight is 209 g/mol. The second-order valence-corrected chi connectivity index (χ2v) is 5.84. The van der Waals surface area contributed by atoms with Gasteiger partial charge in [0.1, 0.15) is 0 Å². The number of thiophene rings is 1. The lowest BCUT2D eigenvalue weighted by Gasteiger charge is -2.26. The molecular formula is C12H19NS. The van der Waals surface area contributed by atoms with Crippen molar-refractivity contribution in [1.29, 1.82) is 0 Å². The Bertz CT molecular complexity index is 281. The zero-order valence-corrected chi connectivity index (χ0v) is 9.65. The normalized spacial score (nSPS) is 32.3. The van der Waals surface area contributed by atoms with Gasteiger partial charge in [0.2, 0.25) is 0 Å². The van der Waals surface area contributed by atoms with Crippen molar-refractivity contribution >= 4 is 11.3 Å². The molecule has 0 radical (unpaired) electrons. The lowest BCUT2D eigenvalue weighted by molar-refractivity contribution is 0.298. The van der Waals surface area contributed by atoms with E-state index in [1.54, 1.807) is 0 Å². The Hall–Kier alpha value is -0.340. The molecule has 2 atom stereocenters. The molecule has 2 unspecified atom stereocenters. The highest BCUT2D eigenvalue weighted by Gasteiger charge is 2.36. The third kappa shape index (κ3) is 2.01. The minimum Gasteiger partial charge on any atom is -0.330 e. The molecule has 2 N–H and O–H groups in total. The number of hydrogen-bond acceptors (Lipinski definition) is 2. The fourth-order valence-electron chi connectivity index (χ4n) is 2.70. The molecule has 1 aliphatic rings. The highest BCUT2D eigenvalue weighted by Crippen LogP contribution is 2.43. The van der Waals surface area contributed by atoms with E-state index in [-0.39, 0.29) is 0 Å². The van der Waals surface area contributed by atoms with Crippen molar-refractivity contribution in [2.24, 2.45) is 17.1 Å². The second kappa shape index (κ2) is 4.03. The molecule has 0 aromatic carbocycles. The predicted octanol–water partition coefficient (Wildman–Crippen LogP) is 3.06. The van der Waals surface area contributed by atoms with Gasteiger partial charge in [-0.15, -0.1) is 11.3 Å². The van der Waals surface area contributed by atoms with Crippen LogP contribution in [0, 0.1) is 11.3 Å². The van der Waals surface area contributed by atoms with Crippen LogP contribution in [0.4, 0.5) is 0 Å². The molecule has 0 bridgehead atoms.